The molecule has 42 heavy (non-hydrogen) atoms. The van der Waals surface area contributed by atoms with E-state index in [1.54, 1.807) is 19.1 Å². The van der Waals surface area contributed by atoms with E-state index in [4.69, 9.17) is 5.84 Å². The van der Waals surface area contributed by atoms with Crippen LogP contribution in [0.4, 0.5) is 21.2 Å². The van der Waals surface area contributed by atoms with Gasteiger partial charge in [-0.3, -0.25) is 20.4 Å². The van der Waals surface area contributed by atoms with Crippen LogP contribution in [0.3, 0.4) is 0 Å². The van der Waals surface area contributed by atoms with Crippen molar-refractivity contribution in [3.8, 4) is 11.4 Å². The number of phenols is 1. The van der Waals surface area contributed by atoms with Gasteiger partial charge < -0.3 is 21.3 Å². The van der Waals surface area contributed by atoms with Crippen LogP contribution in [-0.4, -0.2) is 55.2 Å². The van der Waals surface area contributed by atoms with Crippen molar-refractivity contribution in [2.75, 3.05) is 23.7 Å². The van der Waals surface area contributed by atoms with Gasteiger partial charge in [0, 0.05) is 12.6 Å². The van der Waals surface area contributed by atoms with Crippen molar-refractivity contribution >= 4 is 35.8 Å². The van der Waals surface area contributed by atoms with Crippen LogP contribution < -0.4 is 26.5 Å². The lowest BCUT2D eigenvalue weighted by atomic mass is 10.1. The molecule has 0 saturated heterocycles. The normalized spacial score (nSPS) is 11.6. The number of carbonyl (C=O) groups is 2. The Balaban J connectivity index is 1.41. The number of aryl methyl sites for hydroxylation is 1. The Morgan fingerprint density at radius 3 is 2.40 bits per heavy atom. The second-order valence-corrected chi connectivity index (χ2v) is 10.00. The van der Waals surface area contributed by atoms with E-state index in [-0.39, 0.29) is 46.1 Å². The number of hydrogen-bond acceptors (Lipinski definition) is 7. The summed E-state index contributed by atoms with van der Waals surface area (Å²) >= 11 is 0. The molecule has 0 aliphatic heterocycles. The first kappa shape index (κ1) is 31.7. The van der Waals surface area contributed by atoms with Crippen LogP contribution in [0.5, 0.6) is 5.75 Å². The van der Waals surface area contributed by atoms with Crippen molar-refractivity contribution in [2.45, 2.75) is 52.4 Å². The van der Waals surface area contributed by atoms with Crippen LogP contribution in [0.25, 0.3) is 23.7 Å². The summed E-state index contributed by atoms with van der Waals surface area (Å²) in [5.74, 6) is 8.08. The highest BCUT2D eigenvalue weighted by atomic mass is 16.3. The van der Waals surface area contributed by atoms with Crippen LogP contribution in [0.1, 0.15) is 68.1 Å². The fraction of sp³-hybridized carbons (Fsp3) is 0.357. The van der Waals surface area contributed by atoms with Crippen LogP contribution in [0.2, 0.25) is 0 Å². The minimum absolute atomic E-state index is 0.0497. The zero-order chi connectivity index (χ0) is 30.8. The van der Waals surface area contributed by atoms with Crippen LogP contribution >= 0.6 is 0 Å². The van der Waals surface area contributed by atoms with Gasteiger partial charge in [-0.15, -0.1) is 15.0 Å². The largest absolute Gasteiger partial charge is 0.504 e. The van der Waals surface area contributed by atoms with E-state index in [9.17, 15) is 19.5 Å². The molecule has 1 aromatic carbocycles. The number of nitrogens with one attached hydrogen (secondary N) is 6. The van der Waals surface area contributed by atoms with Crippen molar-refractivity contribution in [3.63, 3.8) is 0 Å². The Kier molecular flexibility index (Phi) is 11.1. The van der Waals surface area contributed by atoms with E-state index in [0.29, 0.717) is 36.5 Å². The molecule has 3 aromatic rings. The average Bonchev–Trinajstić information content (AvgIpc) is 3.37. The summed E-state index contributed by atoms with van der Waals surface area (Å²) in [6, 6.07) is 3.61. The highest BCUT2D eigenvalue weighted by Gasteiger charge is 2.18. The zero-order valence-electron chi connectivity index (χ0n) is 24.1. The molecule has 0 saturated carbocycles. The van der Waals surface area contributed by atoms with Gasteiger partial charge in [-0.05, 0) is 62.0 Å². The molecule has 0 fully saturated rings. The third kappa shape index (κ3) is 8.59. The highest BCUT2D eigenvalue weighted by molar-refractivity contribution is 5.87. The molecule has 0 radical (unpaired) electrons. The Hall–Kier alpha value is -4.82. The van der Waals surface area contributed by atoms with E-state index < -0.39 is 12.1 Å². The second kappa shape index (κ2) is 14.7. The topological polar surface area (TPSA) is 195 Å². The fourth-order valence-electron chi connectivity index (χ4n) is 4.01. The average molecular weight is 579 g/mol. The molecule has 0 spiro atoms. The third-order valence-corrected chi connectivity index (χ3v) is 6.25. The lowest BCUT2D eigenvalue weighted by Gasteiger charge is -2.20. The smallest absolute Gasteiger partial charge is 0.409 e. The van der Waals surface area contributed by atoms with Gasteiger partial charge in [-0.2, -0.15) is 0 Å². The SMILES string of the molecule is C=Cc1nn(-c2cc(C)cc(NC(=O)[NH+]([NH-])CCCCCCNC(=O)Nc3nc(C(C)C)cc(=O)[nH]3)c2O)nc1C=C. The van der Waals surface area contributed by atoms with E-state index >= 15 is 0 Å². The Morgan fingerprint density at radius 2 is 1.76 bits per heavy atom. The van der Waals surface area contributed by atoms with Gasteiger partial charge >= 0.3 is 12.1 Å². The number of phenolic OH excluding ortho intramolecular Hbond substituents is 1. The number of nitrogens with zero attached hydrogens (tertiary/aromatic N) is 4. The van der Waals surface area contributed by atoms with E-state index in [0.717, 1.165) is 18.4 Å². The number of aromatic nitrogens is 5. The van der Waals surface area contributed by atoms with Gasteiger partial charge in [0.2, 0.25) is 5.95 Å². The lowest BCUT2D eigenvalue weighted by Crippen LogP contribution is -3.09. The monoisotopic (exact) mass is 578 g/mol. The molecule has 3 rings (SSSR count). The van der Waals surface area contributed by atoms with Crippen molar-refractivity contribution in [2.24, 2.45) is 0 Å². The van der Waals surface area contributed by atoms with Gasteiger partial charge in [0.1, 0.15) is 17.1 Å². The molecule has 224 valence electrons. The molecule has 0 aliphatic rings. The Labute approximate surface area is 243 Å². The van der Waals surface area contributed by atoms with Crippen LogP contribution in [0.15, 0.2) is 36.2 Å². The van der Waals surface area contributed by atoms with E-state index in [1.165, 1.54) is 23.0 Å². The molecule has 14 nitrogen and oxygen atoms in total. The van der Waals surface area contributed by atoms with Gasteiger partial charge in [0.05, 0.1) is 17.9 Å². The Bertz CT molecular complexity index is 1470. The van der Waals surface area contributed by atoms with Gasteiger partial charge in [0.15, 0.2) is 5.75 Å². The summed E-state index contributed by atoms with van der Waals surface area (Å²) in [5, 5.41) is 27.2. The number of anilines is 2. The quantitative estimate of drug-likeness (QED) is 0.101. The summed E-state index contributed by atoms with van der Waals surface area (Å²) in [7, 11) is 0. The molecule has 0 bridgehead atoms. The molecule has 4 amide bonds. The maximum Gasteiger partial charge on any atom is 0.409 e. The summed E-state index contributed by atoms with van der Waals surface area (Å²) in [4.78, 5) is 44.5. The Morgan fingerprint density at radius 1 is 1.10 bits per heavy atom. The number of aromatic hydroxyl groups is 1. The zero-order valence-corrected chi connectivity index (χ0v) is 24.1. The minimum Gasteiger partial charge on any atom is -0.504 e. The summed E-state index contributed by atoms with van der Waals surface area (Å²) in [6.45, 7) is 13.7. The lowest BCUT2D eigenvalue weighted by molar-refractivity contribution is -0.756. The summed E-state index contributed by atoms with van der Waals surface area (Å²) in [6.07, 6.45) is 5.91. The number of urea groups is 2. The number of quaternary nitrogens is 1. The fourth-order valence-corrected chi connectivity index (χ4v) is 4.01. The van der Waals surface area contributed by atoms with Crippen molar-refractivity contribution in [3.05, 3.63) is 70.2 Å². The maximum absolute atomic E-state index is 12.7. The van der Waals surface area contributed by atoms with E-state index in [1.807, 2.05) is 13.8 Å². The van der Waals surface area contributed by atoms with Crippen molar-refractivity contribution in [1.82, 2.24) is 30.3 Å². The molecule has 14 heteroatoms. The highest BCUT2D eigenvalue weighted by Crippen LogP contribution is 2.32. The molecule has 1 atom stereocenters. The van der Waals surface area contributed by atoms with Crippen molar-refractivity contribution in [1.29, 1.82) is 0 Å². The number of amides is 4. The van der Waals surface area contributed by atoms with E-state index in [2.05, 4.69) is 49.3 Å². The van der Waals surface area contributed by atoms with Crippen LogP contribution in [0, 0.1) is 6.92 Å². The number of aromatic amines is 1. The first-order valence-corrected chi connectivity index (χ1v) is 13.6. The molecule has 2 heterocycles. The van der Waals surface area contributed by atoms with Crippen LogP contribution in [-0.2, 0) is 0 Å². The standard InChI is InChI=1S/C28H38N10O4/c1-6-19-20(7-2)36-38(35-19)23-15-18(5)14-22(25(23)40)32-28(42)37(29)13-11-9-8-10-12-30-27(41)34-26-31-21(17(3)4)16-24(39)33-26/h6-7,14-17,29,37,40H,1-2,8-13H2,3-5H3,(H,32,42)(H3,30,31,33,34,39,41). The third-order valence-electron chi connectivity index (χ3n) is 6.25. The number of rotatable bonds is 13. The molecule has 0 aliphatic carbocycles. The number of H-pyrrole nitrogens is 1. The molecule has 2 aromatic heterocycles. The van der Waals surface area contributed by atoms with Gasteiger partial charge in [-0.25, -0.2) is 14.6 Å². The first-order chi connectivity index (χ1) is 20.0. The minimum atomic E-state index is -0.611. The molecular weight excluding hydrogens is 540 g/mol. The van der Waals surface area contributed by atoms with Gasteiger partial charge in [0.25, 0.3) is 5.56 Å². The number of carbonyl (C=O) groups excluding carboxylic acids is 2. The van der Waals surface area contributed by atoms with Crippen molar-refractivity contribution < 1.29 is 19.7 Å². The predicted molar refractivity (Wildman–Crippen MR) is 162 cm³/mol. The predicted octanol–water partition coefficient (Wildman–Crippen LogP) is 3.54. The molecule has 7 N–H and O–H groups in total. The van der Waals surface area contributed by atoms with Gasteiger partial charge in [-0.1, -0.05) is 33.4 Å². The number of hydrogen-bond donors (Lipinski definition) is 6. The first-order valence-electron chi connectivity index (χ1n) is 13.6. The summed E-state index contributed by atoms with van der Waals surface area (Å²) < 4.78 is 0. The number of unbranched alkanes of at least 4 members (excludes halogenated alkanes) is 3. The molecular formula is C28H38N10O4. The second-order valence-electron chi connectivity index (χ2n) is 10.00. The molecule has 1 unspecified atom stereocenters. The maximum atomic E-state index is 12.7. The number of benzene rings is 1. The summed E-state index contributed by atoms with van der Waals surface area (Å²) in [5.41, 5.74) is 2.42.